The van der Waals surface area contributed by atoms with Crippen LogP contribution in [0.3, 0.4) is 0 Å². The zero-order valence-corrected chi connectivity index (χ0v) is 39.7. The minimum absolute atomic E-state index is 0. The molecule has 10 rings (SSSR count). The third kappa shape index (κ3) is 10.0. The number of aryl methyl sites for hydroxylation is 1. The number of nitrogens with zero attached hydrogens (tertiary/aromatic N) is 7. The Morgan fingerprint density at radius 1 is 0.609 bits per heavy atom. The van der Waals surface area contributed by atoms with Gasteiger partial charge in [-0.2, -0.15) is 0 Å². The van der Waals surface area contributed by atoms with Gasteiger partial charge in [-0.05, 0) is 59.7 Å². The molecule has 8 aromatic heterocycles. The molecule has 0 saturated carbocycles. The van der Waals surface area contributed by atoms with Gasteiger partial charge in [0.2, 0.25) is 0 Å². The fraction of sp³-hybridized carbons (Fsp3) is 0.143. The van der Waals surface area contributed by atoms with E-state index in [1.54, 1.807) is 73.6 Å². The van der Waals surface area contributed by atoms with Crippen molar-refractivity contribution in [1.82, 2.24) is 39.5 Å². The summed E-state index contributed by atoms with van der Waals surface area (Å²) < 4.78 is 90.5. The van der Waals surface area contributed by atoms with E-state index in [4.69, 9.17) is 9.47 Å². The molecular formula is C49H41F2LiN8O7S2. The summed E-state index contributed by atoms with van der Waals surface area (Å²) in [6.07, 6.45) is 14.9. The number of H-pyrrole nitrogens is 1. The molecule has 69 heavy (non-hydrogen) atoms. The maximum Gasteiger partial charge on any atom is 1.00 e. The van der Waals surface area contributed by atoms with Crippen LogP contribution in [-0.4, -0.2) is 88.5 Å². The van der Waals surface area contributed by atoms with Crippen LogP contribution in [0.15, 0.2) is 122 Å². The predicted octanol–water partition coefficient (Wildman–Crippen LogP) is 5.90. The molecule has 2 aromatic carbocycles. The normalized spacial score (nSPS) is 11.5. The molecule has 0 unspecified atom stereocenters. The van der Waals surface area contributed by atoms with Crippen LogP contribution in [0.25, 0.3) is 88.6 Å². The molecule has 0 radical (unpaired) electrons. The number of ether oxygens (including phenoxy) is 2. The third-order valence-electron chi connectivity index (χ3n) is 11.2. The predicted molar refractivity (Wildman–Crippen MR) is 257 cm³/mol. The van der Waals surface area contributed by atoms with Gasteiger partial charge >= 0.3 is 18.9 Å². The molecule has 0 aliphatic heterocycles. The molecule has 346 valence electrons. The Labute approximate surface area is 407 Å². The molecule has 0 amide bonds. The van der Waals surface area contributed by atoms with E-state index in [0.29, 0.717) is 78.3 Å². The fourth-order valence-corrected chi connectivity index (χ4v) is 9.87. The molecule has 8 heterocycles. The van der Waals surface area contributed by atoms with Crippen LogP contribution >= 0.6 is 0 Å². The van der Waals surface area contributed by atoms with Crippen LogP contribution in [0, 0.1) is 11.6 Å². The molecule has 0 aliphatic rings. The summed E-state index contributed by atoms with van der Waals surface area (Å²) in [5.41, 5.74) is 8.60. The SMILES string of the molecule is COc1cc(-c2c(F)cnc3[nH]c4cnc(-c5cccnc5)cc4c23)ccc1CS(C)(=O)=O.COc1cc(-c2c(F)cnc3c2c2cc(-c4cccnc4)ncc2n3C)ccc1CS(C)(=O)=O.[Li+].[OH-]. The van der Waals surface area contributed by atoms with Gasteiger partial charge in [0.15, 0.2) is 19.7 Å². The second-order valence-electron chi connectivity index (χ2n) is 15.9. The molecule has 0 atom stereocenters. The van der Waals surface area contributed by atoms with Gasteiger partial charge in [0, 0.05) is 99.3 Å². The van der Waals surface area contributed by atoms with Crippen LogP contribution in [0.4, 0.5) is 8.78 Å². The average molecular weight is 963 g/mol. The van der Waals surface area contributed by atoms with Gasteiger partial charge in [-0.1, -0.05) is 24.3 Å². The zero-order chi connectivity index (χ0) is 47.2. The molecule has 0 bridgehead atoms. The number of methoxy groups -OCH3 is 2. The summed E-state index contributed by atoms with van der Waals surface area (Å²) >= 11 is 0. The van der Waals surface area contributed by atoms with Gasteiger partial charge in [0.05, 0.1) is 72.9 Å². The van der Waals surface area contributed by atoms with Gasteiger partial charge in [0.1, 0.15) is 34.4 Å². The Balaban J connectivity index is 0.000000198. The summed E-state index contributed by atoms with van der Waals surface area (Å²) in [4.78, 5) is 29.2. The largest absolute Gasteiger partial charge is 1.00 e. The third-order valence-corrected chi connectivity index (χ3v) is 12.9. The van der Waals surface area contributed by atoms with E-state index in [0.717, 1.165) is 45.4 Å². The quantitative estimate of drug-likeness (QED) is 0.158. The van der Waals surface area contributed by atoms with E-state index >= 15 is 8.78 Å². The summed E-state index contributed by atoms with van der Waals surface area (Å²) in [6.45, 7) is 0. The van der Waals surface area contributed by atoms with Crippen molar-refractivity contribution in [2.75, 3.05) is 26.7 Å². The average Bonchev–Trinajstić information content (AvgIpc) is 3.82. The number of fused-ring (bicyclic) bond motifs is 6. The van der Waals surface area contributed by atoms with Crippen molar-refractivity contribution in [2.45, 2.75) is 11.5 Å². The van der Waals surface area contributed by atoms with Crippen LogP contribution in [0.5, 0.6) is 11.5 Å². The van der Waals surface area contributed by atoms with Crippen molar-refractivity contribution < 1.29 is 59.4 Å². The van der Waals surface area contributed by atoms with Crippen LogP contribution in [0.2, 0.25) is 0 Å². The first-order valence-corrected chi connectivity index (χ1v) is 24.6. The monoisotopic (exact) mass is 962 g/mol. The van der Waals surface area contributed by atoms with Gasteiger partial charge in [-0.25, -0.2) is 35.6 Å². The molecule has 10 aromatic rings. The van der Waals surface area contributed by atoms with E-state index in [1.807, 2.05) is 48.0 Å². The maximum atomic E-state index is 15.3. The Bertz CT molecular complexity index is 3790. The van der Waals surface area contributed by atoms with Crippen molar-refractivity contribution in [3.8, 4) is 56.3 Å². The van der Waals surface area contributed by atoms with Crippen molar-refractivity contribution in [2.24, 2.45) is 7.05 Å². The minimum atomic E-state index is -3.27. The number of benzene rings is 2. The Morgan fingerprint density at radius 2 is 1.12 bits per heavy atom. The molecule has 0 fully saturated rings. The second-order valence-corrected chi connectivity index (χ2v) is 20.2. The van der Waals surface area contributed by atoms with Crippen LogP contribution in [0.1, 0.15) is 11.1 Å². The number of hydrogen-bond acceptors (Lipinski definition) is 13. The van der Waals surface area contributed by atoms with E-state index in [9.17, 15) is 16.8 Å². The molecular weight excluding hydrogens is 922 g/mol. The Hall–Kier alpha value is -7.14. The van der Waals surface area contributed by atoms with Gasteiger partial charge in [0.25, 0.3) is 0 Å². The number of aromatic amines is 1. The maximum absolute atomic E-state index is 15.3. The number of hydrogen-bond donors (Lipinski definition) is 1. The summed E-state index contributed by atoms with van der Waals surface area (Å²) in [5, 5.41) is 2.81. The zero-order valence-electron chi connectivity index (χ0n) is 38.1. The summed E-state index contributed by atoms with van der Waals surface area (Å²) in [5.74, 6) is -0.569. The Kier molecular flexibility index (Phi) is 14.3. The second kappa shape index (κ2) is 19.8. The molecule has 2 N–H and O–H groups in total. The summed E-state index contributed by atoms with van der Waals surface area (Å²) in [7, 11) is -1.74. The molecule has 0 saturated heterocycles. The van der Waals surface area contributed by atoms with E-state index in [-0.39, 0.29) is 35.8 Å². The number of pyridine rings is 6. The van der Waals surface area contributed by atoms with Crippen molar-refractivity contribution in [3.63, 3.8) is 0 Å². The first-order chi connectivity index (χ1) is 32.1. The first-order valence-electron chi connectivity index (χ1n) is 20.5. The van der Waals surface area contributed by atoms with Crippen molar-refractivity contribution in [1.29, 1.82) is 0 Å². The summed E-state index contributed by atoms with van der Waals surface area (Å²) in [6, 6.07) is 21.3. The number of rotatable bonds is 10. The van der Waals surface area contributed by atoms with Crippen LogP contribution in [-0.2, 0) is 38.2 Å². The minimum Gasteiger partial charge on any atom is -0.870 e. The van der Waals surface area contributed by atoms with Crippen molar-refractivity contribution in [3.05, 3.63) is 145 Å². The topological polar surface area (TPSA) is 215 Å². The fourth-order valence-electron chi connectivity index (χ4n) is 8.26. The van der Waals surface area contributed by atoms with E-state index < -0.39 is 31.3 Å². The van der Waals surface area contributed by atoms with E-state index in [2.05, 4.69) is 34.9 Å². The molecule has 20 heteroatoms. The molecule has 15 nitrogen and oxygen atoms in total. The smallest absolute Gasteiger partial charge is 0.870 e. The first kappa shape index (κ1) is 49.8. The van der Waals surface area contributed by atoms with Gasteiger partial charge < -0.3 is 24.5 Å². The van der Waals surface area contributed by atoms with Gasteiger partial charge in [-0.15, -0.1) is 0 Å². The molecule has 0 spiro atoms. The van der Waals surface area contributed by atoms with Crippen molar-refractivity contribution >= 4 is 63.5 Å². The molecule has 0 aliphatic carbocycles. The van der Waals surface area contributed by atoms with Gasteiger partial charge in [-0.3, -0.25) is 19.9 Å². The number of aromatic nitrogens is 8. The van der Waals surface area contributed by atoms with Crippen LogP contribution < -0.4 is 28.3 Å². The number of sulfone groups is 2. The standard InChI is InChI=1S/C25H21FN4O3S.C24H19FN4O3S.Li.H2O/c1-30-21-13-28-20(16-5-4-8-27-11-16)10-18(21)24-23(19(26)12-29-25(24)30)15-6-7-17(14-34(3,31)32)22(9-15)33-2;1-32-21-8-14(5-6-16(21)13-33(2,30)31)22-18(25)11-28-24-23(22)17-9-19(27-12-20(17)29-24)15-4-3-7-26-10-15;;/h4-13H,14H2,1-3H3;3-12H,13H2,1-2H3,(H,28,29);;1H2/q;;+1;/p-1. The Morgan fingerprint density at radius 3 is 1.62 bits per heavy atom. The van der Waals surface area contributed by atoms with E-state index in [1.165, 1.54) is 26.6 Å². The number of nitrogens with one attached hydrogen (secondary N) is 1. The number of halogens is 2.